The molecule has 1 aromatic carbocycles. The number of fused-ring (bicyclic) bond motifs is 3. The second-order valence-electron chi connectivity index (χ2n) is 6.28. The monoisotopic (exact) mass is 276 g/mol. The van der Waals surface area contributed by atoms with E-state index >= 15 is 0 Å². The van der Waals surface area contributed by atoms with E-state index in [0.717, 1.165) is 49.7 Å². The summed E-state index contributed by atoms with van der Waals surface area (Å²) in [6, 6.07) is 2.11. The number of aryl methyl sites for hydroxylation is 1. The predicted octanol–water partition coefficient (Wildman–Crippen LogP) is 3.62. The lowest BCUT2D eigenvalue weighted by Crippen LogP contribution is -2.07. The number of benzene rings is 1. The summed E-state index contributed by atoms with van der Waals surface area (Å²) in [5.74, 6) is 4.03. The Bertz CT molecular complexity index is 495. The average molecular weight is 276 g/mol. The Morgan fingerprint density at radius 2 is 1.65 bits per heavy atom. The first-order valence-electron chi connectivity index (χ1n) is 7.67. The highest BCUT2D eigenvalue weighted by Crippen LogP contribution is 2.44. The predicted molar refractivity (Wildman–Crippen MR) is 79.0 cm³/mol. The van der Waals surface area contributed by atoms with Gasteiger partial charge < -0.3 is 14.2 Å². The summed E-state index contributed by atoms with van der Waals surface area (Å²) >= 11 is 0. The SMILES string of the molecule is COc1cc2c(c3c1OCC(C)CC3)OCC(C)CC2. The van der Waals surface area contributed by atoms with Crippen LogP contribution in [0.2, 0.25) is 0 Å². The number of hydrogen-bond acceptors (Lipinski definition) is 3. The van der Waals surface area contributed by atoms with Gasteiger partial charge in [0.25, 0.3) is 0 Å². The Morgan fingerprint density at radius 3 is 2.35 bits per heavy atom. The van der Waals surface area contributed by atoms with Crippen molar-refractivity contribution in [2.24, 2.45) is 11.8 Å². The maximum Gasteiger partial charge on any atom is 0.168 e. The third-order valence-electron chi connectivity index (χ3n) is 4.41. The third-order valence-corrected chi connectivity index (χ3v) is 4.41. The summed E-state index contributed by atoms with van der Waals surface area (Å²) in [6.45, 7) is 6.06. The maximum absolute atomic E-state index is 6.11. The van der Waals surface area contributed by atoms with Crippen molar-refractivity contribution in [3.8, 4) is 17.2 Å². The van der Waals surface area contributed by atoms with Gasteiger partial charge in [-0.25, -0.2) is 0 Å². The van der Waals surface area contributed by atoms with Crippen molar-refractivity contribution < 1.29 is 14.2 Å². The third kappa shape index (κ3) is 2.46. The van der Waals surface area contributed by atoms with Crippen LogP contribution in [0, 0.1) is 11.8 Å². The van der Waals surface area contributed by atoms with Crippen LogP contribution in [-0.4, -0.2) is 20.3 Å². The normalized spacial score (nSPS) is 25.4. The van der Waals surface area contributed by atoms with Gasteiger partial charge in [0.15, 0.2) is 11.5 Å². The molecule has 2 heterocycles. The molecule has 0 aliphatic carbocycles. The number of ether oxygens (including phenoxy) is 3. The summed E-state index contributed by atoms with van der Waals surface area (Å²) in [5.41, 5.74) is 2.50. The first kappa shape index (κ1) is 13.6. The van der Waals surface area contributed by atoms with E-state index < -0.39 is 0 Å². The average Bonchev–Trinajstić information content (AvgIpc) is 2.75. The molecule has 3 rings (SSSR count). The van der Waals surface area contributed by atoms with Crippen LogP contribution in [-0.2, 0) is 12.8 Å². The molecule has 0 radical (unpaired) electrons. The molecule has 3 heteroatoms. The largest absolute Gasteiger partial charge is 0.493 e. The van der Waals surface area contributed by atoms with Gasteiger partial charge in [-0.05, 0) is 49.1 Å². The zero-order chi connectivity index (χ0) is 14.1. The molecule has 2 aliphatic heterocycles. The van der Waals surface area contributed by atoms with Crippen molar-refractivity contribution in [1.82, 2.24) is 0 Å². The fourth-order valence-corrected chi connectivity index (χ4v) is 3.05. The lowest BCUT2D eigenvalue weighted by atomic mass is 9.96. The molecule has 2 atom stereocenters. The lowest BCUT2D eigenvalue weighted by Gasteiger charge is -2.18. The van der Waals surface area contributed by atoms with Gasteiger partial charge in [-0.3, -0.25) is 0 Å². The van der Waals surface area contributed by atoms with Gasteiger partial charge in [-0.15, -0.1) is 0 Å². The fourth-order valence-electron chi connectivity index (χ4n) is 3.05. The van der Waals surface area contributed by atoms with Gasteiger partial charge in [0.2, 0.25) is 0 Å². The Kier molecular flexibility index (Phi) is 3.77. The molecule has 2 unspecified atom stereocenters. The van der Waals surface area contributed by atoms with Crippen molar-refractivity contribution >= 4 is 0 Å². The van der Waals surface area contributed by atoms with Gasteiger partial charge in [-0.2, -0.15) is 0 Å². The zero-order valence-electron chi connectivity index (χ0n) is 12.7. The minimum Gasteiger partial charge on any atom is -0.493 e. The topological polar surface area (TPSA) is 27.7 Å². The Hall–Kier alpha value is -1.38. The molecular weight excluding hydrogens is 252 g/mol. The molecule has 0 saturated carbocycles. The van der Waals surface area contributed by atoms with E-state index in [4.69, 9.17) is 14.2 Å². The summed E-state index contributed by atoms with van der Waals surface area (Å²) < 4.78 is 17.7. The smallest absolute Gasteiger partial charge is 0.168 e. The number of methoxy groups -OCH3 is 1. The summed E-state index contributed by atoms with van der Waals surface area (Å²) in [5, 5.41) is 0. The minimum atomic E-state index is 0.576. The van der Waals surface area contributed by atoms with E-state index in [9.17, 15) is 0 Å². The molecule has 110 valence electrons. The minimum absolute atomic E-state index is 0.576. The summed E-state index contributed by atoms with van der Waals surface area (Å²) in [6.07, 6.45) is 4.40. The maximum atomic E-state index is 6.11. The molecule has 0 spiro atoms. The molecule has 0 N–H and O–H groups in total. The van der Waals surface area contributed by atoms with Crippen LogP contribution < -0.4 is 14.2 Å². The molecule has 3 nitrogen and oxygen atoms in total. The molecular formula is C17H24O3. The van der Waals surface area contributed by atoms with Crippen LogP contribution in [0.25, 0.3) is 0 Å². The Morgan fingerprint density at radius 1 is 1.00 bits per heavy atom. The van der Waals surface area contributed by atoms with Crippen molar-refractivity contribution in [2.45, 2.75) is 39.5 Å². The second-order valence-corrected chi connectivity index (χ2v) is 6.28. The van der Waals surface area contributed by atoms with Gasteiger partial charge in [-0.1, -0.05) is 13.8 Å². The molecule has 0 fully saturated rings. The van der Waals surface area contributed by atoms with Crippen LogP contribution >= 0.6 is 0 Å². The fraction of sp³-hybridized carbons (Fsp3) is 0.647. The van der Waals surface area contributed by atoms with Crippen LogP contribution in [0.4, 0.5) is 0 Å². The Balaban J connectivity index is 2.07. The molecule has 2 aliphatic rings. The zero-order valence-corrected chi connectivity index (χ0v) is 12.7. The van der Waals surface area contributed by atoms with E-state index in [1.807, 2.05) is 0 Å². The van der Waals surface area contributed by atoms with Crippen LogP contribution in [0.15, 0.2) is 6.07 Å². The van der Waals surface area contributed by atoms with Crippen molar-refractivity contribution in [3.63, 3.8) is 0 Å². The van der Waals surface area contributed by atoms with Crippen molar-refractivity contribution in [3.05, 3.63) is 17.2 Å². The highest BCUT2D eigenvalue weighted by atomic mass is 16.5. The van der Waals surface area contributed by atoms with Crippen LogP contribution in [0.3, 0.4) is 0 Å². The van der Waals surface area contributed by atoms with Crippen LogP contribution in [0.1, 0.15) is 37.8 Å². The van der Waals surface area contributed by atoms with Crippen LogP contribution in [0.5, 0.6) is 17.2 Å². The lowest BCUT2D eigenvalue weighted by molar-refractivity contribution is 0.248. The standard InChI is InChI=1S/C17H24O3/c1-11-4-6-13-8-15(18-3)17-14(16(13)19-9-11)7-5-12(2)10-20-17/h8,11-12H,4-7,9-10H2,1-3H3. The highest BCUT2D eigenvalue weighted by Gasteiger charge is 2.26. The molecule has 0 aromatic heterocycles. The van der Waals surface area contributed by atoms with Gasteiger partial charge >= 0.3 is 0 Å². The molecule has 0 saturated heterocycles. The molecule has 0 amide bonds. The quantitative estimate of drug-likeness (QED) is 0.784. The second kappa shape index (κ2) is 5.55. The number of rotatable bonds is 1. The number of hydrogen-bond donors (Lipinski definition) is 0. The van der Waals surface area contributed by atoms with Gasteiger partial charge in [0.05, 0.1) is 20.3 Å². The highest BCUT2D eigenvalue weighted by molar-refractivity contribution is 5.59. The summed E-state index contributed by atoms with van der Waals surface area (Å²) in [4.78, 5) is 0. The van der Waals surface area contributed by atoms with E-state index in [0.29, 0.717) is 11.8 Å². The molecule has 20 heavy (non-hydrogen) atoms. The first-order valence-corrected chi connectivity index (χ1v) is 7.67. The van der Waals surface area contributed by atoms with E-state index in [-0.39, 0.29) is 0 Å². The van der Waals surface area contributed by atoms with Crippen molar-refractivity contribution in [2.75, 3.05) is 20.3 Å². The molecule has 1 aromatic rings. The van der Waals surface area contributed by atoms with E-state index in [1.165, 1.54) is 17.5 Å². The van der Waals surface area contributed by atoms with E-state index in [1.54, 1.807) is 7.11 Å². The first-order chi connectivity index (χ1) is 9.69. The summed E-state index contributed by atoms with van der Waals surface area (Å²) in [7, 11) is 1.72. The van der Waals surface area contributed by atoms with Gasteiger partial charge in [0.1, 0.15) is 5.75 Å². The van der Waals surface area contributed by atoms with E-state index in [2.05, 4.69) is 19.9 Å². The van der Waals surface area contributed by atoms with Crippen molar-refractivity contribution in [1.29, 1.82) is 0 Å². The Labute approximate surface area is 121 Å². The molecule has 0 bridgehead atoms. The van der Waals surface area contributed by atoms with Gasteiger partial charge in [0, 0.05) is 5.56 Å².